The summed E-state index contributed by atoms with van der Waals surface area (Å²) in [7, 11) is -2.94. The Bertz CT molecular complexity index is 857. The Morgan fingerprint density at radius 2 is 2.00 bits per heavy atom. The molecule has 1 saturated heterocycles. The molecule has 1 aromatic heterocycles. The molecule has 8 heteroatoms. The number of anilines is 2. The number of aryl methyl sites for hydroxylation is 1. The van der Waals surface area contributed by atoms with E-state index in [2.05, 4.69) is 20.6 Å². The predicted molar refractivity (Wildman–Crippen MR) is 96.0 cm³/mol. The average molecular weight is 364 g/mol. The van der Waals surface area contributed by atoms with E-state index in [1.165, 1.54) is 6.07 Å². The molecule has 1 aliphatic heterocycles. The fraction of sp³-hybridized carbons (Fsp3) is 0.412. The second kappa shape index (κ2) is 7.35. The summed E-state index contributed by atoms with van der Waals surface area (Å²) >= 11 is 0. The fourth-order valence-electron chi connectivity index (χ4n) is 2.88. The molecule has 0 amide bonds. The van der Waals surface area contributed by atoms with Crippen LogP contribution in [-0.4, -0.2) is 42.5 Å². The summed E-state index contributed by atoms with van der Waals surface area (Å²) in [5, 5.41) is 6.33. The normalized spacial score (nSPS) is 18.9. The molecule has 1 aromatic carbocycles. The smallest absolute Gasteiger partial charge is 0.152 e. The second-order valence-corrected chi connectivity index (χ2v) is 8.43. The van der Waals surface area contributed by atoms with Gasteiger partial charge >= 0.3 is 0 Å². The molecule has 1 fully saturated rings. The van der Waals surface area contributed by atoms with Gasteiger partial charge in [-0.1, -0.05) is 18.2 Å². The zero-order chi connectivity index (χ0) is 17.9. The van der Waals surface area contributed by atoms with Crippen LogP contribution in [-0.2, 0) is 16.3 Å². The summed E-state index contributed by atoms with van der Waals surface area (Å²) in [6.45, 7) is 2.31. The van der Waals surface area contributed by atoms with E-state index in [0.717, 1.165) is 0 Å². The van der Waals surface area contributed by atoms with Crippen molar-refractivity contribution >= 4 is 21.5 Å². The van der Waals surface area contributed by atoms with Gasteiger partial charge in [-0.05, 0) is 31.4 Å². The maximum absolute atomic E-state index is 13.6. The number of nitrogens with one attached hydrogen (secondary N) is 2. The highest BCUT2D eigenvalue weighted by Crippen LogP contribution is 2.18. The van der Waals surface area contributed by atoms with Crippen LogP contribution in [0.5, 0.6) is 0 Å². The third-order valence-corrected chi connectivity index (χ3v) is 5.85. The molecule has 0 bridgehead atoms. The summed E-state index contributed by atoms with van der Waals surface area (Å²) in [5.41, 5.74) is 0.648. The van der Waals surface area contributed by atoms with Crippen LogP contribution < -0.4 is 10.6 Å². The van der Waals surface area contributed by atoms with E-state index in [1.54, 1.807) is 25.1 Å². The molecule has 134 valence electrons. The van der Waals surface area contributed by atoms with Crippen LogP contribution in [0.3, 0.4) is 0 Å². The van der Waals surface area contributed by atoms with Crippen molar-refractivity contribution in [2.24, 2.45) is 0 Å². The largest absolute Gasteiger partial charge is 0.370 e. The van der Waals surface area contributed by atoms with Crippen LogP contribution in [0.1, 0.15) is 17.8 Å². The number of hydrogen-bond acceptors (Lipinski definition) is 6. The number of aromatic nitrogens is 2. The van der Waals surface area contributed by atoms with Crippen molar-refractivity contribution in [2.45, 2.75) is 25.8 Å². The molecule has 2 N–H and O–H groups in total. The van der Waals surface area contributed by atoms with Gasteiger partial charge < -0.3 is 10.6 Å². The highest BCUT2D eigenvalue weighted by molar-refractivity contribution is 7.91. The van der Waals surface area contributed by atoms with E-state index >= 15 is 0 Å². The molecule has 1 unspecified atom stereocenters. The van der Waals surface area contributed by atoms with Crippen LogP contribution in [0, 0.1) is 12.7 Å². The lowest BCUT2D eigenvalue weighted by molar-refractivity contribution is 0.602. The van der Waals surface area contributed by atoms with E-state index in [0.29, 0.717) is 42.4 Å². The summed E-state index contributed by atoms with van der Waals surface area (Å²) in [4.78, 5) is 8.62. The first kappa shape index (κ1) is 17.6. The zero-order valence-electron chi connectivity index (χ0n) is 14.0. The van der Waals surface area contributed by atoms with Crippen molar-refractivity contribution in [2.75, 3.05) is 28.7 Å². The zero-order valence-corrected chi connectivity index (χ0v) is 14.8. The van der Waals surface area contributed by atoms with Crippen molar-refractivity contribution in [3.63, 3.8) is 0 Å². The number of benzene rings is 1. The quantitative estimate of drug-likeness (QED) is 0.817. The first-order valence-electron chi connectivity index (χ1n) is 8.21. The minimum absolute atomic E-state index is 0.120. The van der Waals surface area contributed by atoms with Gasteiger partial charge in [-0.25, -0.2) is 22.8 Å². The molecular formula is C17H21FN4O2S. The molecule has 1 atom stereocenters. The standard InChI is InChI=1S/C17H21FN4O2S/c1-12-20-16(19-8-6-13-4-2-3-5-15(13)18)10-17(21-12)22-14-7-9-25(23,24)11-14/h2-5,10,14H,6-9,11H2,1H3,(H2,19,20,21,22). The number of hydrogen-bond donors (Lipinski definition) is 2. The second-order valence-electron chi connectivity index (χ2n) is 6.20. The van der Waals surface area contributed by atoms with Gasteiger partial charge in [0.1, 0.15) is 23.3 Å². The van der Waals surface area contributed by atoms with Crippen LogP contribution in [0.25, 0.3) is 0 Å². The summed E-state index contributed by atoms with van der Waals surface area (Å²) < 4.78 is 36.7. The lowest BCUT2D eigenvalue weighted by atomic mass is 10.1. The Labute approximate surface area is 146 Å². The van der Waals surface area contributed by atoms with Crippen molar-refractivity contribution in [1.29, 1.82) is 0 Å². The van der Waals surface area contributed by atoms with E-state index in [9.17, 15) is 12.8 Å². The Balaban J connectivity index is 1.60. The van der Waals surface area contributed by atoms with Gasteiger partial charge in [0, 0.05) is 18.7 Å². The van der Waals surface area contributed by atoms with Crippen molar-refractivity contribution in [3.8, 4) is 0 Å². The molecule has 3 rings (SSSR count). The SMILES string of the molecule is Cc1nc(NCCc2ccccc2F)cc(NC2CCS(=O)(=O)C2)n1. The van der Waals surface area contributed by atoms with Crippen LogP contribution in [0.15, 0.2) is 30.3 Å². The van der Waals surface area contributed by atoms with Gasteiger partial charge in [0.25, 0.3) is 0 Å². The Morgan fingerprint density at radius 1 is 1.24 bits per heavy atom. The van der Waals surface area contributed by atoms with E-state index in [-0.39, 0.29) is 23.4 Å². The molecule has 0 aliphatic carbocycles. The molecule has 2 aromatic rings. The molecule has 1 aliphatic rings. The summed E-state index contributed by atoms with van der Waals surface area (Å²) in [6, 6.07) is 8.31. The first-order valence-corrected chi connectivity index (χ1v) is 10.0. The lowest BCUT2D eigenvalue weighted by Gasteiger charge is -2.14. The highest BCUT2D eigenvalue weighted by atomic mass is 32.2. The average Bonchev–Trinajstić information content (AvgIpc) is 2.87. The molecule has 0 radical (unpaired) electrons. The number of nitrogens with zero attached hydrogens (tertiary/aromatic N) is 2. The van der Waals surface area contributed by atoms with E-state index in [4.69, 9.17) is 0 Å². The van der Waals surface area contributed by atoms with Crippen molar-refractivity contribution in [1.82, 2.24) is 9.97 Å². The van der Waals surface area contributed by atoms with E-state index in [1.807, 2.05) is 6.07 Å². The van der Waals surface area contributed by atoms with Gasteiger partial charge in [-0.3, -0.25) is 0 Å². The molecule has 2 heterocycles. The first-order chi connectivity index (χ1) is 11.9. The lowest BCUT2D eigenvalue weighted by Crippen LogP contribution is -2.21. The molecular weight excluding hydrogens is 343 g/mol. The van der Waals surface area contributed by atoms with Crippen LogP contribution in [0.2, 0.25) is 0 Å². The fourth-order valence-corrected chi connectivity index (χ4v) is 4.55. The minimum atomic E-state index is -2.94. The Morgan fingerprint density at radius 3 is 2.72 bits per heavy atom. The molecule has 0 spiro atoms. The third kappa shape index (κ3) is 4.88. The molecule has 0 saturated carbocycles. The van der Waals surface area contributed by atoms with Gasteiger partial charge in [0.2, 0.25) is 0 Å². The third-order valence-electron chi connectivity index (χ3n) is 4.08. The molecule has 25 heavy (non-hydrogen) atoms. The number of halogens is 1. The van der Waals surface area contributed by atoms with Gasteiger partial charge in [-0.2, -0.15) is 0 Å². The highest BCUT2D eigenvalue weighted by Gasteiger charge is 2.28. The molecule has 6 nitrogen and oxygen atoms in total. The maximum atomic E-state index is 13.6. The number of sulfone groups is 1. The van der Waals surface area contributed by atoms with Crippen molar-refractivity contribution in [3.05, 3.63) is 47.5 Å². The van der Waals surface area contributed by atoms with Crippen LogP contribution in [0.4, 0.5) is 16.0 Å². The van der Waals surface area contributed by atoms with Gasteiger partial charge in [-0.15, -0.1) is 0 Å². The predicted octanol–water partition coefficient (Wildman–Crippen LogP) is 2.18. The van der Waals surface area contributed by atoms with E-state index < -0.39 is 9.84 Å². The van der Waals surface area contributed by atoms with Crippen molar-refractivity contribution < 1.29 is 12.8 Å². The minimum Gasteiger partial charge on any atom is -0.370 e. The van der Waals surface area contributed by atoms with Gasteiger partial charge in [0.05, 0.1) is 11.5 Å². The monoisotopic (exact) mass is 364 g/mol. The Hall–Kier alpha value is -2.22. The maximum Gasteiger partial charge on any atom is 0.152 e. The van der Waals surface area contributed by atoms with Crippen LogP contribution >= 0.6 is 0 Å². The summed E-state index contributed by atoms with van der Waals surface area (Å²) in [6.07, 6.45) is 1.13. The number of rotatable bonds is 6. The topological polar surface area (TPSA) is 84.0 Å². The Kier molecular flexibility index (Phi) is 5.17. The summed E-state index contributed by atoms with van der Waals surface area (Å²) in [5.74, 6) is 1.94. The van der Waals surface area contributed by atoms with Gasteiger partial charge in [0.15, 0.2) is 9.84 Å².